The highest BCUT2D eigenvalue weighted by Gasteiger charge is 2.60. The quantitative estimate of drug-likeness (QED) is 0.554. The van der Waals surface area contributed by atoms with Crippen LogP contribution in [0.2, 0.25) is 5.02 Å². The first kappa shape index (κ1) is 24.1. The number of pyridine rings is 1. The Morgan fingerprint density at radius 3 is 2.31 bits per heavy atom. The third kappa shape index (κ3) is 4.35. The summed E-state index contributed by atoms with van der Waals surface area (Å²) < 4.78 is 79.1. The van der Waals surface area contributed by atoms with Crippen molar-refractivity contribution in [1.82, 2.24) is 4.98 Å². The summed E-state index contributed by atoms with van der Waals surface area (Å²) in [4.78, 5) is 20.2. The number of nitrogens with two attached hydrogens (primary N) is 2. The second-order valence-electron chi connectivity index (χ2n) is 7.54. The second kappa shape index (κ2) is 8.10. The van der Waals surface area contributed by atoms with Crippen molar-refractivity contribution in [3.8, 4) is 0 Å². The van der Waals surface area contributed by atoms with Crippen molar-refractivity contribution in [1.29, 1.82) is 0 Å². The van der Waals surface area contributed by atoms with Crippen LogP contribution < -0.4 is 16.4 Å². The van der Waals surface area contributed by atoms with E-state index in [1.807, 2.05) is 0 Å². The Bertz CT molecular complexity index is 985. The van der Waals surface area contributed by atoms with Crippen LogP contribution in [0.25, 0.3) is 0 Å². The Hall–Kier alpha value is -2.54. The van der Waals surface area contributed by atoms with Crippen LogP contribution in [-0.4, -0.2) is 46.7 Å². The van der Waals surface area contributed by atoms with E-state index in [2.05, 4.69) is 9.98 Å². The van der Waals surface area contributed by atoms with Gasteiger partial charge in [-0.25, -0.2) is 4.98 Å². The standard InChI is InChI=1S/C18H18ClF6N5O2/c19-10-5-9(17(20,21)22)7-28-15(10)30-3-1-8(2-4-30)13(26)12-14(27)29-11(31)6-16(12,32)18(23,24)25/h5,7-8,32H,1-4,6,26H2,(H2,27,29,31). The number of rotatable bonds is 2. The largest absolute Gasteiger partial charge is 0.422 e. The molecule has 0 radical (unpaired) electrons. The van der Waals surface area contributed by atoms with E-state index in [-0.39, 0.29) is 42.5 Å². The first-order valence-electron chi connectivity index (χ1n) is 9.29. The second-order valence-corrected chi connectivity index (χ2v) is 7.95. The number of allylic oxidation sites excluding steroid dienone is 1. The molecule has 1 unspecified atom stereocenters. The molecule has 3 rings (SSSR count). The Morgan fingerprint density at radius 1 is 1.22 bits per heavy atom. The van der Waals surface area contributed by atoms with Crippen LogP contribution in [0, 0.1) is 5.92 Å². The number of alkyl halides is 6. The monoisotopic (exact) mass is 485 g/mol. The lowest BCUT2D eigenvalue weighted by Gasteiger charge is -2.38. The molecule has 1 saturated heterocycles. The number of amides is 1. The lowest BCUT2D eigenvalue weighted by atomic mass is 9.80. The fourth-order valence-electron chi connectivity index (χ4n) is 3.80. The molecule has 0 bridgehead atoms. The SMILES string of the molecule is NC1=NC(=O)CC(O)(C(F)(F)F)C1=C(N)C1CCN(c2ncc(C(F)(F)F)cc2Cl)CC1. The van der Waals surface area contributed by atoms with Crippen molar-refractivity contribution in [2.45, 2.75) is 37.2 Å². The molecule has 3 heterocycles. The van der Waals surface area contributed by atoms with E-state index in [1.165, 1.54) is 0 Å². The van der Waals surface area contributed by atoms with E-state index in [4.69, 9.17) is 23.1 Å². The molecule has 0 aliphatic carbocycles. The predicted molar refractivity (Wildman–Crippen MR) is 103 cm³/mol. The smallest absolute Gasteiger partial charge is 0.401 e. The molecule has 176 valence electrons. The molecule has 5 N–H and O–H groups in total. The van der Waals surface area contributed by atoms with Gasteiger partial charge < -0.3 is 21.5 Å². The first-order chi connectivity index (χ1) is 14.6. The zero-order valence-electron chi connectivity index (χ0n) is 16.3. The number of piperidine rings is 1. The van der Waals surface area contributed by atoms with Gasteiger partial charge in [0.1, 0.15) is 11.7 Å². The number of aliphatic hydroxyl groups is 1. The lowest BCUT2D eigenvalue weighted by Crippen LogP contribution is -2.55. The van der Waals surface area contributed by atoms with Crippen LogP contribution in [-0.2, 0) is 11.0 Å². The molecule has 0 spiro atoms. The van der Waals surface area contributed by atoms with Crippen LogP contribution in [0.4, 0.5) is 32.2 Å². The molecule has 0 saturated carbocycles. The third-order valence-corrected chi connectivity index (χ3v) is 5.74. The van der Waals surface area contributed by atoms with Gasteiger partial charge in [-0.1, -0.05) is 11.6 Å². The van der Waals surface area contributed by atoms with Gasteiger partial charge in [-0.05, 0) is 18.9 Å². The van der Waals surface area contributed by atoms with Crippen LogP contribution in [0.3, 0.4) is 0 Å². The minimum atomic E-state index is -5.22. The number of amidine groups is 1. The van der Waals surface area contributed by atoms with Crippen LogP contribution in [0.15, 0.2) is 28.5 Å². The molecule has 32 heavy (non-hydrogen) atoms. The van der Waals surface area contributed by atoms with Crippen molar-refractivity contribution in [2.75, 3.05) is 18.0 Å². The normalized spacial score (nSPS) is 25.1. The van der Waals surface area contributed by atoms with E-state index in [0.717, 1.165) is 6.07 Å². The average molecular weight is 486 g/mol. The average Bonchev–Trinajstić information content (AvgIpc) is 2.65. The number of hydrogen-bond donors (Lipinski definition) is 3. The number of anilines is 1. The molecule has 14 heteroatoms. The lowest BCUT2D eigenvalue weighted by molar-refractivity contribution is -0.244. The van der Waals surface area contributed by atoms with Crippen LogP contribution in [0.5, 0.6) is 0 Å². The van der Waals surface area contributed by atoms with Gasteiger partial charge in [0.25, 0.3) is 5.91 Å². The summed E-state index contributed by atoms with van der Waals surface area (Å²) in [5, 5.41) is 10.1. The molecule has 1 atom stereocenters. The molecule has 2 aliphatic heterocycles. The highest BCUT2D eigenvalue weighted by atomic mass is 35.5. The molecule has 1 fully saturated rings. The maximum Gasteiger partial charge on any atom is 0.422 e. The van der Waals surface area contributed by atoms with Gasteiger partial charge in [0.2, 0.25) is 0 Å². The highest BCUT2D eigenvalue weighted by Crippen LogP contribution is 2.43. The van der Waals surface area contributed by atoms with Gasteiger partial charge in [-0.15, -0.1) is 0 Å². The maximum atomic E-state index is 13.6. The fraction of sp³-hybridized carbons (Fsp3) is 0.500. The number of aromatic nitrogens is 1. The minimum absolute atomic E-state index is 0.0977. The molecular formula is C18H18ClF6N5O2. The zero-order valence-corrected chi connectivity index (χ0v) is 17.0. The van der Waals surface area contributed by atoms with Gasteiger partial charge in [0.15, 0.2) is 5.60 Å². The number of carbonyl (C=O) groups is 1. The van der Waals surface area contributed by atoms with E-state index in [0.29, 0.717) is 6.20 Å². The van der Waals surface area contributed by atoms with E-state index >= 15 is 0 Å². The Kier molecular flexibility index (Phi) is 6.11. The summed E-state index contributed by atoms with van der Waals surface area (Å²) in [5.74, 6) is -2.59. The topological polar surface area (TPSA) is 118 Å². The summed E-state index contributed by atoms with van der Waals surface area (Å²) in [7, 11) is 0. The van der Waals surface area contributed by atoms with Crippen LogP contribution in [0.1, 0.15) is 24.8 Å². The molecule has 2 aliphatic rings. The van der Waals surface area contributed by atoms with Gasteiger partial charge in [-0.3, -0.25) is 4.79 Å². The van der Waals surface area contributed by atoms with Crippen molar-refractivity contribution < 1.29 is 36.2 Å². The Balaban J connectivity index is 1.85. The number of halogens is 7. The first-order valence-corrected chi connectivity index (χ1v) is 9.67. The summed E-state index contributed by atoms with van der Waals surface area (Å²) >= 11 is 5.95. The molecule has 1 aromatic rings. The van der Waals surface area contributed by atoms with E-state index in [9.17, 15) is 36.2 Å². The van der Waals surface area contributed by atoms with Gasteiger partial charge >= 0.3 is 12.4 Å². The number of hydrogen-bond acceptors (Lipinski definition) is 6. The number of carbonyl (C=O) groups excluding carboxylic acids is 1. The number of nitrogens with zero attached hydrogens (tertiary/aromatic N) is 3. The van der Waals surface area contributed by atoms with Crippen LogP contribution >= 0.6 is 11.6 Å². The maximum absolute atomic E-state index is 13.6. The summed E-state index contributed by atoms with van der Waals surface area (Å²) in [6.45, 7) is 0.328. The van der Waals surface area contributed by atoms with E-state index in [1.54, 1.807) is 4.90 Å². The van der Waals surface area contributed by atoms with Crippen molar-refractivity contribution in [3.05, 3.63) is 34.1 Å². The van der Waals surface area contributed by atoms with Gasteiger partial charge in [0, 0.05) is 30.9 Å². The zero-order chi connectivity index (χ0) is 24.1. The van der Waals surface area contributed by atoms with Crippen molar-refractivity contribution >= 4 is 29.2 Å². The molecule has 1 amide bonds. The third-order valence-electron chi connectivity index (χ3n) is 5.46. The fourth-order valence-corrected chi connectivity index (χ4v) is 4.09. The predicted octanol–water partition coefficient (Wildman–Crippen LogP) is 2.76. The summed E-state index contributed by atoms with van der Waals surface area (Å²) in [6.07, 6.45) is -10.2. The summed E-state index contributed by atoms with van der Waals surface area (Å²) in [5.41, 5.74) is 5.76. The molecule has 1 aromatic heterocycles. The molecule has 7 nitrogen and oxygen atoms in total. The minimum Gasteiger partial charge on any atom is -0.401 e. The number of aliphatic imine (C=N–C) groups is 1. The Labute approximate surface area is 182 Å². The highest BCUT2D eigenvalue weighted by molar-refractivity contribution is 6.33. The Morgan fingerprint density at radius 2 is 1.81 bits per heavy atom. The van der Waals surface area contributed by atoms with Crippen molar-refractivity contribution in [3.63, 3.8) is 0 Å². The molecule has 0 aromatic carbocycles. The van der Waals surface area contributed by atoms with E-state index < -0.39 is 53.2 Å². The molecular weight excluding hydrogens is 468 g/mol. The summed E-state index contributed by atoms with van der Waals surface area (Å²) in [6, 6.07) is 0.742. The van der Waals surface area contributed by atoms with Gasteiger partial charge in [0.05, 0.1) is 22.6 Å². The van der Waals surface area contributed by atoms with Gasteiger partial charge in [-0.2, -0.15) is 31.3 Å². The van der Waals surface area contributed by atoms with Crippen molar-refractivity contribution in [2.24, 2.45) is 22.4 Å².